The maximum atomic E-state index is 10.2. The molecule has 2 aliphatic rings. The summed E-state index contributed by atoms with van der Waals surface area (Å²) in [6.45, 7) is 5.67. The van der Waals surface area contributed by atoms with E-state index in [9.17, 15) is 5.11 Å². The monoisotopic (exact) mass is 291 g/mol. The molecule has 0 bridgehead atoms. The lowest BCUT2D eigenvalue weighted by molar-refractivity contribution is -0.155. The van der Waals surface area contributed by atoms with Gasteiger partial charge in [-0.2, -0.15) is 0 Å². The molecule has 4 heteroatoms. The summed E-state index contributed by atoms with van der Waals surface area (Å²) in [5.74, 6) is 0.856. The SMILES string of the molecule is Cc1ccccc1OCC(O)CN1CCOC2(CCC2)C1. The van der Waals surface area contributed by atoms with E-state index in [1.54, 1.807) is 0 Å². The van der Waals surface area contributed by atoms with E-state index in [0.717, 1.165) is 31.0 Å². The van der Waals surface area contributed by atoms with Crippen molar-refractivity contribution >= 4 is 0 Å². The van der Waals surface area contributed by atoms with Gasteiger partial charge >= 0.3 is 0 Å². The molecule has 2 fully saturated rings. The molecule has 3 rings (SSSR count). The Balaban J connectivity index is 1.45. The predicted molar refractivity (Wildman–Crippen MR) is 81.7 cm³/mol. The standard InChI is InChI=1S/C17H25NO3/c1-14-5-2-3-6-16(14)20-12-15(19)11-18-9-10-21-17(13-18)7-4-8-17/h2-3,5-6,15,19H,4,7-13H2,1H3. The Hall–Kier alpha value is -1.10. The van der Waals surface area contributed by atoms with E-state index in [-0.39, 0.29) is 5.60 Å². The first-order valence-corrected chi connectivity index (χ1v) is 7.90. The molecular formula is C17H25NO3. The van der Waals surface area contributed by atoms with Crippen LogP contribution in [0.3, 0.4) is 0 Å². The van der Waals surface area contributed by atoms with Crippen molar-refractivity contribution < 1.29 is 14.6 Å². The number of para-hydroxylation sites is 1. The first-order valence-electron chi connectivity index (χ1n) is 7.90. The van der Waals surface area contributed by atoms with Crippen molar-refractivity contribution in [2.75, 3.05) is 32.8 Å². The Morgan fingerprint density at radius 3 is 2.90 bits per heavy atom. The van der Waals surface area contributed by atoms with Crippen LogP contribution in [-0.4, -0.2) is 54.6 Å². The second kappa shape index (κ2) is 6.34. The number of aliphatic hydroxyl groups is 1. The van der Waals surface area contributed by atoms with Gasteiger partial charge in [0, 0.05) is 19.6 Å². The number of aryl methyl sites for hydroxylation is 1. The van der Waals surface area contributed by atoms with Crippen molar-refractivity contribution in [1.82, 2.24) is 4.90 Å². The predicted octanol–water partition coefficient (Wildman–Crippen LogP) is 1.99. The molecule has 0 aromatic heterocycles. The van der Waals surface area contributed by atoms with Crippen LogP contribution in [0.5, 0.6) is 5.75 Å². The van der Waals surface area contributed by atoms with Gasteiger partial charge in [-0.05, 0) is 37.8 Å². The third kappa shape index (κ3) is 3.57. The van der Waals surface area contributed by atoms with Gasteiger partial charge in [0.15, 0.2) is 0 Å². The average molecular weight is 291 g/mol. The van der Waals surface area contributed by atoms with Crippen molar-refractivity contribution in [1.29, 1.82) is 0 Å². The third-order valence-electron chi connectivity index (χ3n) is 4.59. The number of ether oxygens (including phenoxy) is 2. The van der Waals surface area contributed by atoms with Crippen molar-refractivity contribution in [2.24, 2.45) is 0 Å². The number of hydrogen-bond acceptors (Lipinski definition) is 4. The van der Waals surface area contributed by atoms with E-state index in [0.29, 0.717) is 13.2 Å². The Bertz CT molecular complexity index is 473. The van der Waals surface area contributed by atoms with Crippen LogP contribution >= 0.6 is 0 Å². The highest BCUT2D eigenvalue weighted by molar-refractivity contribution is 5.31. The summed E-state index contributed by atoms with van der Waals surface area (Å²) >= 11 is 0. The van der Waals surface area contributed by atoms with E-state index in [4.69, 9.17) is 9.47 Å². The van der Waals surface area contributed by atoms with Gasteiger partial charge in [-0.1, -0.05) is 18.2 Å². The molecule has 1 N–H and O–H groups in total. The smallest absolute Gasteiger partial charge is 0.122 e. The van der Waals surface area contributed by atoms with Crippen molar-refractivity contribution in [3.05, 3.63) is 29.8 Å². The van der Waals surface area contributed by atoms with Crippen molar-refractivity contribution in [3.63, 3.8) is 0 Å². The molecule has 1 spiro atoms. The first kappa shape index (κ1) is 14.8. The van der Waals surface area contributed by atoms with Crippen LogP contribution < -0.4 is 4.74 Å². The molecule has 1 aliphatic heterocycles. The summed E-state index contributed by atoms with van der Waals surface area (Å²) in [7, 11) is 0. The molecular weight excluding hydrogens is 266 g/mol. The highest BCUT2D eigenvalue weighted by atomic mass is 16.5. The number of hydrogen-bond donors (Lipinski definition) is 1. The number of nitrogens with zero attached hydrogens (tertiary/aromatic N) is 1. The topological polar surface area (TPSA) is 41.9 Å². The Labute approximate surface area is 126 Å². The molecule has 21 heavy (non-hydrogen) atoms. The van der Waals surface area contributed by atoms with Crippen LogP contribution in [0.15, 0.2) is 24.3 Å². The van der Waals surface area contributed by atoms with E-state index in [1.807, 2.05) is 31.2 Å². The lowest BCUT2D eigenvalue weighted by Crippen LogP contribution is -2.57. The number of rotatable bonds is 5. The molecule has 4 nitrogen and oxygen atoms in total. The summed E-state index contributed by atoms with van der Waals surface area (Å²) in [6, 6.07) is 7.91. The maximum absolute atomic E-state index is 10.2. The zero-order valence-electron chi connectivity index (χ0n) is 12.8. The van der Waals surface area contributed by atoms with Gasteiger partial charge in [0.2, 0.25) is 0 Å². The average Bonchev–Trinajstić information content (AvgIpc) is 2.45. The van der Waals surface area contributed by atoms with Crippen LogP contribution in [0.25, 0.3) is 0 Å². The quantitative estimate of drug-likeness (QED) is 0.901. The molecule has 1 aromatic rings. The molecule has 1 heterocycles. The third-order valence-corrected chi connectivity index (χ3v) is 4.59. The van der Waals surface area contributed by atoms with Crippen molar-refractivity contribution in [3.8, 4) is 5.75 Å². The Morgan fingerprint density at radius 1 is 1.38 bits per heavy atom. The fraction of sp³-hybridized carbons (Fsp3) is 0.647. The number of benzene rings is 1. The van der Waals surface area contributed by atoms with Gasteiger partial charge in [0.25, 0.3) is 0 Å². The zero-order valence-corrected chi connectivity index (χ0v) is 12.8. The van der Waals surface area contributed by atoms with E-state index in [1.165, 1.54) is 19.3 Å². The van der Waals surface area contributed by atoms with Gasteiger partial charge in [0.05, 0.1) is 12.2 Å². The Morgan fingerprint density at radius 2 is 2.19 bits per heavy atom. The first-order chi connectivity index (χ1) is 10.2. The normalized spacial score (nSPS) is 22.8. The summed E-state index contributed by atoms with van der Waals surface area (Å²) in [4.78, 5) is 2.31. The molecule has 1 aliphatic carbocycles. The molecule has 116 valence electrons. The molecule has 0 amide bonds. The van der Waals surface area contributed by atoms with Crippen LogP contribution in [0, 0.1) is 6.92 Å². The van der Waals surface area contributed by atoms with Crippen LogP contribution in [-0.2, 0) is 4.74 Å². The van der Waals surface area contributed by atoms with E-state index in [2.05, 4.69) is 4.90 Å². The van der Waals surface area contributed by atoms with E-state index >= 15 is 0 Å². The number of aliphatic hydroxyl groups excluding tert-OH is 1. The summed E-state index contributed by atoms with van der Waals surface area (Å²) in [6.07, 6.45) is 3.14. The van der Waals surface area contributed by atoms with Gasteiger partial charge in [-0.25, -0.2) is 0 Å². The van der Waals surface area contributed by atoms with Gasteiger partial charge in [-0.3, -0.25) is 4.90 Å². The molecule has 1 unspecified atom stereocenters. The molecule has 0 radical (unpaired) electrons. The van der Waals surface area contributed by atoms with E-state index < -0.39 is 6.10 Å². The van der Waals surface area contributed by atoms with Crippen LogP contribution in [0.4, 0.5) is 0 Å². The summed E-state index contributed by atoms with van der Waals surface area (Å²) in [5, 5.41) is 10.2. The number of morpholine rings is 1. The molecule has 1 saturated heterocycles. The fourth-order valence-electron chi connectivity index (χ4n) is 3.21. The Kier molecular flexibility index (Phi) is 4.48. The molecule has 1 saturated carbocycles. The minimum atomic E-state index is -0.458. The second-order valence-corrected chi connectivity index (χ2v) is 6.35. The lowest BCUT2D eigenvalue weighted by atomic mass is 9.79. The van der Waals surface area contributed by atoms with Crippen LogP contribution in [0.1, 0.15) is 24.8 Å². The van der Waals surface area contributed by atoms with Gasteiger partial charge in [0.1, 0.15) is 18.5 Å². The largest absolute Gasteiger partial charge is 0.491 e. The highest BCUT2D eigenvalue weighted by Crippen LogP contribution is 2.38. The zero-order chi connectivity index (χ0) is 14.7. The highest BCUT2D eigenvalue weighted by Gasteiger charge is 2.42. The summed E-state index contributed by atoms with van der Waals surface area (Å²) < 4.78 is 11.6. The minimum Gasteiger partial charge on any atom is -0.491 e. The second-order valence-electron chi connectivity index (χ2n) is 6.35. The minimum absolute atomic E-state index is 0.0921. The lowest BCUT2D eigenvalue weighted by Gasteiger charge is -2.48. The molecule has 1 atom stereocenters. The van der Waals surface area contributed by atoms with Gasteiger partial charge < -0.3 is 14.6 Å². The van der Waals surface area contributed by atoms with Crippen molar-refractivity contribution in [2.45, 2.75) is 37.9 Å². The van der Waals surface area contributed by atoms with Crippen LogP contribution in [0.2, 0.25) is 0 Å². The molecule has 1 aromatic carbocycles. The number of β-amino-alcohol motifs (C(OH)–C–C–N with tert-alkyl or cyclic N) is 1. The fourth-order valence-corrected chi connectivity index (χ4v) is 3.21. The van der Waals surface area contributed by atoms with Gasteiger partial charge in [-0.15, -0.1) is 0 Å². The maximum Gasteiger partial charge on any atom is 0.122 e. The summed E-state index contributed by atoms with van der Waals surface area (Å²) in [5.41, 5.74) is 1.19.